The molecular formula is C22H19ClN4O2. The van der Waals surface area contributed by atoms with E-state index >= 15 is 0 Å². The van der Waals surface area contributed by atoms with Crippen LogP contribution in [-0.2, 0) is 13.0 Å². The van der Waals surface area contributed by atoms with Crippen LogP contribution in [0, 0.1) is 5.92 Å². The van der Waals surface area contributed by atoms with E-state index in [2.05, 4.69) is 15.1 Å². The van der Waals surface area contributed by atoms with Crippen molar-refractivity contribution >= 4 is 17.4 Å². The van der Waals surface area contributed by atoms with E-state index in [1.54, 1.807) is 0 Å². The van der Waals surface area contributed by atoms with Gasteiger partial charge in [-0.3, -0.25) is 9.89 Å². The highest BCUT2D eigenvalue weighted by atomic mass is 35.5. The first-order chi connectivity index (χ1) is 14.2. The molecule has 1 aliphatic rings. The van der Waals surface area contributed by atoms with E-state index in [-0.39, 0.29) is 12.2 Å². The maximum Gasteiger partial charge on any atom is 0.274 e. The predicted molar refractivity (Wildman–Crippen MR) is 111 cm³/mol. The van der Waals surface area contributed by atoms with Gasteiger partial charge < -0.3 is 4.74 Å². The highest BCUT2D eigenvalue weighted by Gasteiger charge is 2.24. The number of hydrogen-bond acceptors (Lipinski definition) is 4. The Hall–Kier alpha value is -3.12. The van der Waals surface area contributed by atoms with Gasteiger partial charge in [-0.05, 0) is 37.3 Å². The number of aromatic nitrogens is 4. The number of hydrogen-bond donors (Lipinski definition) is 1. The molecule has 7 heteroatoms. The lowest BCUT2D eigenvalue weighted by molar-refractivity contribution is 0.297. The monoisotopic (exact) mass is 406 g/mol. The maximum atomic E-state index is 12.5. The molecule has 2 aromatic carbocycles. The summed E-state index contributed by atoms with van der Waals surface area (Å²) < 4.78 is 7.33. The standard InChI is InChI=1S/C22H19ClN4O2/c23-18-7-4-8-19(17(18)11-14-9-10-14)29-13-16-12-20(28)27-22(24-16)25-21(26-27)15-5-2-1-3-6-15/h1-8,12,14H,9-11,13H2,(H,24,25,26). The summed E-state index contributed by atoms with van der Waals surface area (Å²) in [4.78, 5) is 21.4. The number of nitrogens with one attached hydrogen (secondary N) is 1. The van der Waals surface area contributed by atoms with Gasteiger partial charge in [-0.2, -0.15) is 9.50 Å². The first-order valence-electron chi connectivity index (χ1n) is 9.62. The first kappa shape index (κ1) is 17.9. The first-order valence-corrected chi connectivity index (χ1v) is 9.99. The molecule has 5 rings (SSSR count). The molecule has 0 spiro atoms. The fraction of sp³-hybridized carbons (Fsp3) is 0.227. The van der Waals surface area contributed by atoms with Gasteiger partial charge in [-0.25, -0.2) is 4.98 Å². The normalized spacial score (nSPS) is 13.7. The van der Waals surface area contributed by atoms with Crippen LogP contribution in [0.15, 0.2) is 59.4 Å². The van der Waals surface area contributed by atoms with Crippen LogP contribution in [0.25, 0.3) is 17.2 Å². The van der Waals surface area contributed by atoms with Crippen LogP contribution in [-0.4, -0.2) is 19.6 Å². The molecule has 0 aliphatic heterocycles. The molecule has 0 amide bonds. The Bertz CT molecular complexity index is 1230. The van der Waals surface area contributed by atoms with Gasteiger partial charge in [0.1, 0.15) is 12.4 Å². The van der Waals surface area contributed by atoms with Crippen LogP contribution in [0.2, 0.25) is 5.02 Å². The van der Waals surface area contributed by atoms with Crippen molar-refractivity contribution in [1.29, 1.82) is 0 Å². The van der Waals surface area contributed by atoms with Gasteiger partial charge in [0.15, 0.2) is 5.82 Å². The minimum atomic E-state index is -0.229. The summed E-state index contributed by atoms with van der Waals surface area (Å²) in [5, 5.41) is 3.72. The lowest BCUT2D eigenvalue weighted by atomic mass is 10.1. The van der Waals surface area contributed by atoms with Gasteiger partial charge in [0, 0.05) is 22.2 Å². The fourth-order valence-corrected chi connectivity index (χ4v) is 3.60. The van der Waals surface area contributed by atoms with E-state index in [9.17, 15) is 4.79 Å². The Kier molecular flexibility index (Phi) is 4.56. The summed E-state index contributed by atoms with van der Waals surface area (Å²) >= 11 is 6.38. The van der Waals surface area contributed by atoms with Crippen molar-refractivity contribution in [2.75, 3.05) is 0 Å². The molecule has 1 saturated carbocycles. The Morgan fingerprint density at radius 3 is 2.72 bits per heavy atom. The number of rotatable bonds is 6. The zero-order valence-corrected chi connectivity index (χ0v) is 16.4. The number of ether oxygens (including phenoxy) is 1. The van der Waals surface area contributed by atoms with E-state index < -0.39 is 0 Å². The molecule has 146 valence electrons. The average molecular weight is 407 g/mol. The van der Waals surface area contributed by atoms with Crippen molar-refractivity contribution in [3.63, 3.8) is 0 Å². The smallest absolute Gasteiger partial charge is 0.274 e. The summed E-state index contributed by atoms with van der Waals surface area (Å²) in [6, 6.07) is 16.8. The molecule has 0 atom stereocenters. The molecule has 2 heterocycles. The van der Waals surface area contributed by atoms with Crippen molar-refractivity contribution in [1.82, 2.24) is 19.6 Å². The van der Waals surface area contributed by atoms with Gasteiger partial charge in [0.25, 0.3) is 11.3 Å². The number of benzene rings is 2. The third-order valence-corrected chi connectivity index (χ3v) is 5.43. The number of aromatic amines is 1. The number of nitrogens with zero attached hydrogens (tertiary/aromatic N) is 3. The van der Waals surface area contributed by atoms with Crippen LogP contribution >= 0.6 is 11.6 Å². The Morgan fingerprint density at radius 2 is 1.93 bits per heavy atom. The second kappa shape index (κ2) is 7.37. The molecule has 0 bridgehead atoms. The van der Waals surface area contributed by atoms with Crippen LogP contribution in [0.4, 0.5) is 0 Å². The van der Waals surface area contributed by atoms with Crippen molar-refractivity contribution < 1.29 is 4.74 Å². The molecule has 2 aromatic heterocycles. The Labute approximate surface area is 172 Å². The largest absolute Gasteiger partial charge is 0.487 e. The second-order valence-electron chi connectivity index (χ2n) is 7.31. The van der Waals surface area contributed by atoms with Gasteiger partial charge >= 0.3 is 0 Å². The number of halogens is 1. The van der Waals surface area contributed by atoms with Gasteiger partial charge in [-0.1, -0.05) is 48.0 Å². The van der Waals surface area contributed by atoms with Crippen molar-refractivity contribution in [3.05, 3.63) is 81.2 Å². The minimum Gasteiger partial charge on any atom is -0.487 e. The van der Waals surface area contributed by atoms with Gasteiger partial charge in [0.2, 0.25) is 0 Å². The molecule has 6 nitrogen and oxygen atoms in total. The van der Waals surface area contributed by atoms with Crippen LogP contribution in [0.3, 0.4) is 0 Å². The minimum absolute atomic E-state index is 0.178. The molecule has 1 fully saturated rings. The van der Waals surface area contributed by atoms with Gasteiger partial charge in [-0.15, -0.1) is 0 Å². The summed E-state index contributed by atoms with van der Waals surface area (Å²) in [6.45, 7) is 0.178. The topological polar surface area (TPSA) is 72.3 Å². The SMILES string of the molecule is O=c1cc(COc2cccc(Cl)c2CC2CC2)nc2nc(-c3ccccc3)[nH]n12. The summed E-state index contributed by atoms with van der Waals surface area (Å²) in [5.41, 5.74) is 2.21. The molecule has 0 unspecified atom stereocenters. The third kappa shape index (κ3) is 3.76. The quantitative estimate of drug-likeness (QED) is 0.519. The van der Waals surface area contributed by atoms with Crippen LogP contribution < -0.4 is 10.3 Å². The zero-order valence-electron chi connectivity index (χ0n) is 15.6. The lowest BCUT2D eigenvalue weighted by Crippen LogP contribution is -2.16. The van der Waals surface area contributed by atoms with Crippen molar-refractivity contribution in [2.45, 2.75) is 25.9 Å². The molecular weight excluding hydrogens is 388 g/mol. The van der Waals surface area contributed by atoms with Crippen molar-refractivity contribution in [2.24, 2.45) is 5.92 Å². The molecule has 1 N–H and O–H groups in total. The van der Waals surface area contributed by atoms with E-state index in [1.807, 2.05) is 48.5 Å². The Morgan fingerprint density at radius 1 is 1.10 bits per heavy atom. The fourth-order valence-electron chi connectivity index (χ4n) is 3.36. The van der Waals surface area contributed by atoms with E-state index in [4.69, 9.17) is 16.3 Å². The molecule has 0 radical (unpaired) electrons. The molecule has 1 aliphatic carbocycles. The molecule has 0 saturated heterocycles. The third-order valence-electron chi connectivity index (χ3n) is 5.07. The van der Waals surface area contributed by atoms with Crippen LogP contribution in [0.5, 0.6) is 5.75 Å². The maximum absolute atomic E-state index is 12.5. The zero-order chi connectivity index (χ0) is 19.8. The van der Waals surface area contributed by atoms with E-state index in [1.165, 1.54) is 23.4 Å². The summed E-state index contributed by atoms with van der Waals surface area (Å²) in [5.74, 6) is 2.35. The number of H-pyrrole nitrogens is 1. The lowest BCUT2D eigenvalue weighted by Gasteiger charge is -2.12. The Balaban J connectivity index is 1.41. The second-order valence-corrected chi connectivity index (χ2v) is 7.72. The predicted octanol–water partition coefficient (Wildman–Crippen LogP) is 4.27. The molecule has 29 heavy (non-hydrogen) atoms. The average Bonchev–Trinajstić information content (AvgIpc) is 3.44. The highest BCUT2D eigenvalue weighted by molar-refractivity contribution is 6.31. The number of fused-ring (bicyclic) bond motifs is 1. The van der Waals surface area contributed by atoms with E-state index in [0.717, 1.165) is 28.3 Å². The van der Waals surface area contributed by atoms with Crippen LogP contribution in [0.1, 0.15) is 24.1 Å². The van der Waals surface area contributed by atoms with Crippen molar-refractivity contribution in [3.8, 4) is 17.1 Å². The summed E-state index contributed by atoms with van der Waals surface area (Å²) in [7, 11) is 0. The highest BCUT2D eigenvalue weighted by Crippen LogP contribution is 2.38. The summed E-state index contributed by atoms with van der Waals surface area (Å²) in [6.07, 6.45) is 3.40. The molecule has 4 aromatic rings. The van der Waals surface area contributed by atoms with E-state index in [0.29, 0.717) is 23.2 Å². The van der Waals surface area contributed by atoms with Gasteiger partial charge in [0.05, 0.1) is 5.69 Å².